The number of carbonyl (C=O) groups is 3. The van der Waals surface area contributed by atoms with Gasteiger partial charge in [0.1, 0.15) is 12.2 Å². The van der Waals surface area contributed by atoms with Gasteiger partial charge < -0.3 is 14.2 Å². The van der Waals surface area contributed by atoms with E-state index in [0.717, 1.165) is 25.7 Å². The Labute approximate surface area is 211 Å². The summed E-state index contributed by atoms with van der Waals surface area (Å²) in [5.74, 6) is 1.55. The summed E-state index contributed by atoms with van der Waals surface area (Å²) in [6.45, 7) is 9.91. The summed E-state index contributed by atoms with van der Waals surface area (Å²) in [6, 6.07) is 0. The molecule has 0 aromatic carbocycles. The zero-order chi connectivity index (χ0) is 25.5. The standard InChI is InChI=1S/C29H46O6/c1-17(10-15-24(32)33-6)22-13-14-23-21-12-11-20-9-7-8-16-28(20,4)25(21)26(34-18(2)30)27(29(22,23)5)35-19(3)31/h17,20-23,25-27H,7-16H2,1-6H3/t17-,20-,21-,22+,23-,25+,26-,27-,28+,29-/m1/s1. The minimum absolute atomic E-state index is 0.107. The zero-order valence-electron chi connectivity index (χ0n) is 22.6. The Morgan fingerprint density at radius 1 is 0.943 bits per heavy atom. The zero-order valence-corrected chi connectivity index (χ0v) is 22.6. The maximum Gasteiger partial charge on any atom is 0.305 e. The smallest absolute Gasteiger partial charge is 0.305 e. The van der Waals surface area contributed by atoms with Crippen molar-refractivity contribution in [1.82, 2.24) is 0 Å². The first-order valence-corrected chi connectivity index (χ1v) is 13.9. The van der Waals surface area contributed by atoms with Gasteiger partial charge in [0.25, 0.3) is 0 Å². The molecule has 0 amide bonds. The first kappa shape index (κ1) is 26.5. The lowest BCUT2D eigenvalue weighted by Crippen LogP contribution is -2.66. The van der Waals surface area contributed by atoms with Gasteiger partial charge in [0.05, 0.1) is 7.11 Å². The predicted molar refractivity (Wildman–Crippen MR) is 132 cm³/mol. The van der Waals surface area contributed by atoms with Gasteiger partial charge in [-0.1, -0.05) is 33.6 Å². The molecular weight excluding hydrogens is 444 g/mol. The molecule has 0 radical (unpaired) electrons. The van der Waals surface area contributed by atoms with Crippen LogP contribution >= 0.6 is 0 Å². The van der Waals surface area contributed by atoms with Crippen LogP contribution in [0.25, 0.3) is 0 Å². The van der Waals surface area contributed by atoms with E-state index in [9.17, 15) is 14.4 Å². The van der Waals surface area contributed by atoms with Crippen LogP contribution in [0, 0.1) is 46.3 Å². The number of methoxy groups -OCH3 is 1. The molecule has 0 aliphatic heterocycles. The molecule has 0 saturated heterocycles. The van der Waals surface area contributed by atoms with E-state index in [-0.39, 0.29) is 46.5 Å². The molecule has 35 heavy (non-hydrogen) atoms. The van der Waals surface area contributed by atoms with E-state index in [2.05, 4.69) is 20.8 Å². The summed E-state index contributed by atoms with van der Waals surface area (Å²) in [5.41, 5.74) is -0.185. The predicted octanol–water partition coefficient (Wildman–Crippen LogP) is 5.71. The first-order chi connectivity index (χ1) is 16.5. The maximum atomic E-state index is 12.5. The van der Waals surface area contributed by atoms with E-state index in [1.807, 2.05) is 0 Å². The van der Waals surface area contributed by atoms with Gasteiger partial charge in [0.15, 0.2) is 0 Å². The van der Waals surface area contributed by atoms with Gasteiger partial charge in [-0.25, -0.2) is 0 Å². The largest absolute Gasteiger partial charge is 0.469 e. The SMILES string of the molecule is COC(=O)CC[C@@H](C)[C@@H]1CC[C@@H]2[C@H]3CC[C@H]4CCCC[C@]4(C)[C@@H]3[C@@H](OC(C)=O)[C@@H](OC(C)=O)[C@@]21C. The second-order valence-electron chi connectivity index (χ2n) is 12.6. The van der Waals surface area contributed by atoms with E-state index < -0.39 is 12.2 Å². The number of carbonyl (C=O) groups excluding carboxylic acids is 3. The number of hydrogen-bond donors (Lipinski definition) is 0. The quantitative estimate of drug-likeness (QED) is 0.351. The van der Waals surface area contributed by atoms with Gasteiger partial charge >= 0.3 is 17.9 Å². The van der Waals surface area contributed by atoms with Crippen LogP contribution in [-0.2, 0) is 28.6 Å². The van der Waals surface area contributed by atoms with E-state index in [1.165, 1.54) is 53.1 Å². The van der Waals surface area contributed by atoms with Crippen LogP contribution in [0.15, 0.2) is 0 Å². The molecule has 4 aliphatic rings. The molecule has 4 aliphatic carbocycles. The average Bonchev–Trinajstić information content (AvgIpc) is 3.16. The van der Waals surface area contributed by atoms with Crippen LogP contribution in [-0.4, -0.2) is 37.2 Å². The molecule has 0 heterocycles. The van der Waals surface area contributed by atoms with Crippen molar-refractivity contribution in [2.24, 2.45) is 46.3 Å². The van der Waals surface area contributed by atoms with Crippen LogP contribution in [0.1, 0.15) is 98.8 Å². The summed E-state index contributed by atoms with van der Waals surface area (Å²) >= 11 is 0. The van der Waals surface area contributed by atoms with E-state index >= 15 is 0 Å². The number of ether oxygens (including phenoxy) is 3. The number of hydrogen-bond acceptors (Lipinski definition) is 6. The highest BCUT2D eigenvalue weighted by Crippen LogP contribution is 2.69. The van der Waals surface area contributed by atoms with Crippen molar-refractivity contribution in [3.63, 3.8) is 0 Å². The van der Waals surface area contributed by atoms with Gasteiger partial charge in [0.2, 0.25) is 0 Å². The van der Waals surface area contributed by atoms with Crippen LogP contribution in [0.3, 0.4) is 0 Å². The lowest BCUT2D eigenvalue weighted by molar-refractivity contribution is -0.246. The normalized spacial score (nSPS) is 43.2. The molecule has 0 bridgehead atoms. The third kappa shape index (κ3) is 4.52. The molecule has 4 saturated carbocycles. The summed E-state index contributed by atoms with van der Waals surface area (Å²) < 4.78 is 17.3. The fourth-order valence-electron chi connectivity index (χ4n) is 9.62. The van der Waals surface area contributed by atoms with Crippen molar-refractivity contribution < 1.29 is 28.6 Å². The Bertz CT molecular complexity index is 824. The van der Waals surface area contributed by atoms with Gasteiger partial charge in [0, 0.05) is 31.6 Å². The summed E-state index contributed by atoms with van der Waals surface area (Å²) in [5, 5.41) is 0. The molecular formula is C29H46O6. The van der Waals surface area contributed by atoms with Crippen molar-refractivity contribution in [2.75, 3.05) is 7.11 Å². The molecule has 198 valence electrons. The number of rotatable bonds is 6. The number of esters is 3. The van der Waals surface area contributed by atoms with Crippen molar-refractivity contribution >= 4 is 17.9 Å². The van der Waals surface area contributed by atoms with Crippen molar-refractivity contribution in [1.29, 1.82) is 0 Å². The van der Waals surface area contributed by atoms with Crippen LogP contribution < -0.4 is 0 Å². The Morgan fingerprint density at radius 3 is 2.31 bits per heavy atom. The van der Waals surface area contributed by atoms with Crippen LogP contribution in [0.5, 0.6) is 0 Å². The molecule has 0 aromatic rings. The molecule has 0 unspecified atom stereocenters. The molecule has 10 atom stereocenters. The summed E-state index contributed by atoms with van der Waals surface area (Å²) in [6.07, 6.45) is 9.75. The molecule has 0 N–H and O–H groups in total. The van der Waals surface area contributed by atoms with Gasteiger partial charge in [-0.05, 0) is 80.0 Å². The van der Waals surface area contributed by atoms with Gasteiger partial charge in [-0.2, -0.15) is 0 Å². The molecule has 6 nitrogen and oxygen atoms in total. The van der Waals surface area contributed by atoms with Crippen molar-refractivity contribution in [3.05, 3.63) is 0 Å². The van der Waals surface area contributed by atoms with Crippen molar-refractivity contribution in [2.45, 2.75) is 111 Å². The van der Waals surface area contributed by atoms with Crippen LogP contribution in [0.4, 0.5) is 0 Å². The third-order valence-corrected chi connectivity index (χ3v) is 11.0. The summed E-state index contributed by atoms with van der Waals surface area (Å²) in [7, 11) is 1.43. The van der Waals surface area contributed by atoms with E-state index in [1.54, 1.807) is 0 Å². The molecule has 4 fully saturated rings. The Kier molecular flexibility index (Phi) is 7.60. The van der Waals surface area contributed by atoms with Gasteiger partial charge in [-0.3, -0.25) is 14.4 Å². The Morgan fingerprint density at radius 2 is 1.66 bits per heavy atom. The highest BCUT2D eigenvalue weighted by Gasteiger charge is 2.69. The number of fused-ring (bicyclic) bond motifs is 5. The Balaban J connectivity index is 1.76. The van der Waals surface area contributed by atoms with Gasteiger partial charge in [-0.15, -0.1) is 0 Å². The third-order valence-electron chi connectivity index (χ3n) is 11.0. The molecule has 6 heteroatoms. The fraction of sp³-hybridized carbons (Fsp3) is 0.897. The maximum absolute atomic E-state index is 12.5. The van der Waals surface area contributed by atoms with Crippen LogP contribution in [0.2, 0.25) is 0 Å². The Hall–Kier alpha value is -1.59. The molecule has 4 rings (SSSR count). The summed E-state index contributed by atoms with van der Waals surface area (Å²) in [4.78, 5) is 36.9. The van der Waals surface area contributed by atoms with Crippen molar-refractivity contribution in [3.8, 4) is 0 Å². The topological polar surface area (TPSA) is 78.9 Å². The highest BCUT2D eigenvalue weighted by molar-refractivity contribution is 5.69. The molecule has 0 spiro atoms. The van der Waals surface area contributed by atoms with E-state index in [4.69, 9.17) is 14.2 Å². The molecule has 0 aromatic heterocycles. The second-order valence-corrected chi connectivity index (χ2v) is 12.6. The van der Waals surface area contributed by atoms with E-state index in [0.29, 0.717) is 24.2 Å². The fourth-order valence-corrected chi connectivity index (χ4v) is 9.62. The minimum Gasteiger partial charge on any atom is -0.469 e. The monoisotopic (exact) mass is 490 g/mol. The lowest BCUT2D eigenvalue weighted by Gasteiger charge is -2.64. The second kappa shape index (κ2) is 10.0. The first-order valence-electron chi connectivity index (χ1n) is 13.9. The minimum atomic E-state index is -0.458. The highest BCUT2D eigenvalue weighted by atomic mass is 16.6. The lowest BCUT2D eigenvalue weighted by atomic mass is 9.43. The average molecular weight is 491 g/mol.